The van der Waals surface area contributed by atoms with E-state index in [1.165, 1.54) is 0 Å². The molecule has 0 heterocycles. The molecule has 0 aromatic heterocycles. The maximum Gasteiger partial charge on any atom is 0.222 e. The van der Waals surface area contributed by atoms with Crippen LogP contribution in [-0.2, 0) is 4.79 Å². The summed E-state index contributed by atoms with van der Waals surface area (Å²) in [7, 11) is 0. The summed E-state index contributed by atoms with van der Waals surface area (Å²) >= 11 is 0. The highest BCUT2D eigenvalue weighted by atomic mass is 127. The van der Waals surface area contributed by atoms with Crippen molar-refractivity contribution in [3.63, 3.8) is 0 Å². The zero-order valence-corrected chi connectivity index (χ0v) is 13.3. The molecule has 0 aromatic rings. The molecule has 0 aliphatic rings. The number of halogens is 1. The second-order valence-corrected chi connectivity index (χ2v) is 3.99. The molecular formula is C11H25IN4O. The molecule has 5 nitrogen and oxygen atoms in total. The van der Waals surface area contributed by atoms with Crippen LogP contribution >= 0.6 is 24.0 Å². The summed E-state index contributed by atoms with van der Waals surface area (Å²) in [5.41, 5.74) is 5.62. The zero-order valence-electron chi connectivity index (χ0n) is 11.0. The van der Waals surface area contributed by atoms with Crippen molar-refractivity contribution in [3.8, 4) is 0 Å². The van der Waals surface area contributed by atoms with Gasteiger partial charge >= 0.3 is 0 Å². The van der Waals surface area contributed by atoms with Crippen molar-refractivity contribution < 1.29 is 4.79 Å². The second kappa shape index (κ2) is 11.9. The van der Waals surface area contributed by atoms with Crippen LogP contribution in [0.3, 0.4) is 0 Å². The van der Waals surface area contributed by atoms with Gasteiger partial charge in [0, 0.05) is 25.6 Å². The van der Waals surface area contributed by atoms with Gasteiger partial charge in [0.25, 0.3) is 0 Å². The summed E-state index contributed by atoms with van der Waals surface area (Å²) < 4.78 is 0. The molecule has 102 valence electrons. The number of carbonyl (C=O) groups excluding carboxylic acids is 1. The largest absolute Gasteiger partial charge is 0.370 e. The summed E-state index contributed by atoms with van der Waals surface area (Å²) in [6, 6.07) is 0. The molecule has 0 saturated heterocycles. The molecule has 0 bridgehead atoms. The third kappa shape index (κ3) is 11.7. The van der Waals surface area contributed by atoms with Gasteiger partial charge in [-0.3, -0.25) is 9.79 Å². The van der Waals surface area contributed by atoms with Crippen molar-refractivity contribution in [1.82, 2.24) is 10.6 Å². The smallest absolute Gasteiger partial charge is 0.222 e. The summed E-state index contributed by atoms with van der Waals surface area (Å²) in [6.45, 7) is 7.78. The lowest BCUT2D eigenvalue weighted by Gasteiger charge is -2.08. The first kappa shape index (κ1) is 18.8. The lowest BCUT2D eigenvalue weighted by molar-refractivity contribution is -0.123. The molecule has 0 aliphatic heterocycles. The van der Waals surface area contributed by atoms with Gasteiger partial charge in [-0.25, -0.2) is 0 Å². The van der Waals surface area contributed by atoms with Crippen LogP contribution in [0.1, 0.15) is 33.6 Å². The van der Waals surface area contributed by atoms with E-state index in [0.717, 1.165) is 19.4 Å². The Bertz CT molecular complexity index is 232. The summed E-state index contributed by atoms with van der Waals surface area (Å²) in [6.07, 6.45) is 2.16. The topological polar surface area (TPSA) is 79.5 Å². The molecular weight excluding hydrogens is 331 g/mol. The monoisotopic (exact) mass is 356 g/mol. The van der Waals surface area contributed by atoms with Crippen molar-refractivity contribution >= 4 is 35.8 Å². The molecule has 0 saturated carbocycles. The number of rotatable bonds is 7. The lowest BCUT2D eigenvalue weighted by Crippen LogP contribution is -2.39. The van der Waals surface area contributed by atoms with E-state index >= 15 is 0 Å². The van der Waals surface area contributed by atoms with E-state index in [0.29, 0.717) is 19.0 Å². The van der Waals surface area contributed by atoms with Crippen molar-refractivity contribution in [2.75, 3.05) is 19.6 Å². The fraction of sp³-hybridized carbons (Fsp3) is 0.818. The summed E-state index contributed by atoms with van der Waals surface area (Å²) in [4.78, 5) is 15.3. The van der Waals surface area contributed by atoms with Gasteiger partial charge < -0.3 is 16.4 Å². The number of hydrogen-bond acceptors (Lipinski definition) is 2. The van der Waals surface area contributed by atoms with Crippen molar-refractivity contribution in [2.24, 2.45) is 16.6 Å². The van der Waals surface area contributed by atoms with E-state index in [2.05, 4.69) is 22.5 Å². The van der Waals surface area contributed by atoms with Crippen LogP contribution in [0, 0.1) is 5.92 Å². The number of guanidine groups is 1. The third-order valence-electron chi connectivity index (χ3n) is 2.05. The predicted octanol–water partition coefficient (Wildman–Crippen LogP) is 1.08. The van der Waals surface area contributed by atoms with E-state index in [9.17, 15) is 4.79 Å². The first-order valence-electron chi connectivity index (χ1n) is 5.89. The number of nitrogens with two attached hydrogens (primary N) is 1. The van der Waals surface area contributed by atoms with Crippen LogP contribution in [0.4, 0.5) is 0 Å². The standard InChI is InChI=1S/C11H24N4O.HI/c1-4-5-6-14-11(12)15-8-7-13-10(16)9(2)3;/h9H,4-8H2,1-3H3,(H,13,16)(H3,12,14,15);1H. The molecule has 0 aromatic carbocycles. The molecule has 17 heavy (non-hydrogen) atoms. The first-order valence-corrected chi connectivity index (χ1v) is 5.89. The van der Waals surface area contributed by atoms with Crippen molar-refractivity contribution in [2.45, 2.75) is 33.6 Å². The molecule has 0 spiro atoms. The number of carbonyl (C=O) groups is 1. The van der Waals surface area contributed by atoms with E-state index < -0.39 is 0 Å². The van der Waals surface area contributed by atoms with Gasteiger partial charge in [-0.15, -0.1) is 24.0 Å². The normalized spacial score (nSPS) is 10.9. The molecule has 0 aliphatic carbocycles. The minimum absolute atomic E-state index is 0. The van der Waals surface area contributed by atoms with Gasteiger partial charge in [-0.2, -0.15) is 0 Å². The predicted molar refractivity (Wildman–Crippen MR) is 82.7 cm³/mol. The van der Waals surface area contributed by atoms with Crippen LogP contribution < -0.4 is 16.4 Å². The second-order valence-electron chi connectivity index (χ2n) is 3.99. The molecule has 0 rings (SSSR count). The van der Waals surface area contributed by atoms with Gasteiger partial charge in [-0.05, 0) is 6.42 Å². The molecule has 1 amide bonds. The van der Waals surface area contributed by atoms with E-state index in [4.69, 9.17) is 5.73 Å². The average molecular weight is 356 g/mol. The van der Waals surface area contributed by atoms with Crippen LogP contribution in [0.25, 0.3) is 0 Å². The Morgan fingerprint density at radius 2 is 1.88 bits per heavy atom. The van der Waals surface area contributed by atoms with E-state index in [1.54, 1.807) is 0 Å². The maximum absolute atomic E-state index is 11.2. The number of nitrogens with one attached hydrogen (secondary N) is 2. The van der Waals surface area contributed by atoms with Gasteiger partial charge in [0.15, 0.2) is 5.96 Å². The quantitative estimate of drug-likeness (QED) is 0.276. The number of amides is 1. The Labute approximate surface area is 121 Å². The first-order chi connectivity index (χ1) is 7.57. The molecule has 0 fully saturated rings. The van der Waals surface area contributed by atoms with Gasteiger partial charge in [0.1, 0.15) is 0 Å². The third-order valence-corrected chi connectivity index (χ3v) is 2.05. The average Bonchev–Trinajstić information content (AvgIpc) is 2.24. The minimum Gasteiger partial charge on any atom is -0.370 e. The van der Waals surface area contributed by atoms with Gasteiger partial charge in [0.2, 0.25) is 5.91 Å². The Morgan fingerprint density at radius 1 is 1.29 bits per heavy atom. The highest BCUT2D eigenvalue weighted by Gasteiger charge is 2.04. The van der Waals surface area contributed by atoms with Crippen LogP contribution in [0.2, 0.25) is 0 Å². The molecule has 0 radical (unpaired) electrons. The number of unbranched alkanes of at least 4 members (excludes halogenated alkanes) is 1. The summed E-state index contributed by atoms with van der Waals surface area (Å²) in [5, 5.41) is 5.74. The fourth-order valence-corrected chi connectivity index (χ4v) is 0.994. The Kier molecular flexibility index (Phi) is 13.2. The Balaban J connectivity index is 0. The van der Waals surface area contributed by atoms with Crippen LogP contribution in [0.15, 0.2) is 4.99 Å². The number of nitrogens with zero attached hydrogens (tertiary/aromatic N) is 1. The zero-order chi connectivity index (χ0) is 12.4. The number of hydrogen-bond donors (Lipinski definition) is 3. The van der Waals surface area contributed by atoms with Gasteiger partial charge in [0.05, 0.1) is 0 Å². The van der Waals surface area contributed by atoms with Crippen molar-refractivity contribution in [1.29, 1.82) is 0 Å². The molecule has 6 heteroatoms. The van der Waals surface area contributed by atoms with E-state index in [-0.39, 0.29) is 35.8 Å². The van der Waals surface area contributed by atoms with Gasteiger partial charge in [-0.1, -0.05) is 27.2 Å². The van der Waals surface area contributed by atoms with Crippen LogP contribution in [-0.4, -0.2) is 31.5 Å². The fourth-order valence-electron chi connectivity index (χ4n) is 0.994. The molecule has 0 unspecified atom stereocenters. The highest BCUT2D eigenvalue weighted by molar-refractivity contribution is 14.0. The maximum atomic E-state index is 11.2. The SMILES string of the molecule is CCCCN=C(N)NCCNC(=O)C(C)C.I. The Hall–Kier alpha value is -0.530. The molecule has 4 N–H and O–H groups in total. The molecule has 0 atom stereocenters. The Morgan fingerprint density at radius 3 is 2.41 bits per heavy atom. The number of aliphatic imine (C=N–C) groups is 1. The minimum atomic E-state index is 0. The highest BCUT2D eigenvalue weighted by Crippen LogP contribution is 1.89. The van der Waals surface area contributed by atoms with Crippen molar-refractivity contribution in [3.05, 3.63) is 0 Å². The van der Waals surface area contributed by atoms with Crippen LogP contribution in [0.5, 0.6) is 0 Å². The van der Waals surface area contributed by atoms with E-state index in [1.807, 2.05) is 13.8 Å². The lowest BCUT2D eigenvalue weighted by atomic mass is 10.2. The summed E-state index contributed by atoms with van der Waals surface area (Å²) in [5.74, 6) is 0.533.